The second-order valence-corrected chi connectivity index (χ2v) is 7.90. The van der Waals surface area contributed by atoms with Gasteiger partial charge in [0.05, 0.1) is 11.3 Å². The van der Waals surface area contributed by atoms with Gasteiger partial charge >= 0.3 is 0 Å². The van der Waals surface area contributed by atoms with Crippen molar-refractivity contribution >= 4 is 34.6 Å². The minimum Gasteiger partial charge on any atom is -0.368 e. The van der Waals surface area contributed by atoms with E-state index in [2.05, 4.69) is 41.1 Å². The number of hydrogen-bond acceptors (Lipinski definition) is 3. The van der Waals surface area contributed by atoms with E-state index in [1.165, 1.54) is 5.69 Å². The quantitative estimate of drug-likeness (QED) is 0.604. The predicted molar refractivity (Wildman–Crippen MR) is 124 cm³/mol. The fourth-order valence-corrected chi connectivity index (χ4v) is 4.31. The molecular formula is C26H25N3O. The van der Waals surface area contributed by atoms with Crippen LogP contribution in [0, 0.1) is 0 Å². The lowest BCUT2D eigenvalue weighted by Gasteiger charge is -2.35. The number of carbonyl (C=O) groups is 1. The molecule has 5 rings (SSSR count). The van der Waals surface area contributed by atoms with E-state index in [1.807, 2.05) is 65.6 Å². The van der Waals surface area contributed by atoms with Gasteiger partial charge in [-0.15, -0.1) is 0 Å². The second-order valence-electron chi connectivity index (χ2n) is 7.90. The predicted octanol–water partition coefficient (Wildman–Crippen LogP) is 4.66. The van der Waals surface area contributed by atoms with E-state index in [0.717, 1.165) is 54.3 Å². The molecule has 0 N–H and O–H groups in total. The van der Waals surface area contributed by atoms with Crippen molar-refractivity contribution in [1.82, 2.24) is 4.90 Å². The standard InChI is InChI=1S/C26H25N3O/c1-27-15-17-28(18-16-27)24-13-7-5-9-20(24)19-23-22-12-6-8-14-25(22)29(26(23)30)21-10-3-2-4-11-21/h2-14,19H,15-18H2,1H3/b23-19+. The van der Waals surface area contributed by atoms with Crippen molar-refractivity contribution in [2.24, 2.45) is 0 Å². The van der Waals surface area contributed by atoms with Crippen molar-refractivity contribution < 1.29 is 4.79 Å². The van der Waals surface area contributed by atoms with Crippen LogP contribution in [0.5, 0.6) is 0 Å². The van der Waals surface area contributed by atoms with Crippen LogP contribution in [0.4, 0.5) is 17.1 Å². The van der Waals surface area contributed by atoms with Crippen LogP contribution in [-0.4, -0.2) is 44.0 Å². The number of hydrogen-bond donors (Lipinski definition) is 0. The zero-order chi connectivity index (χ0) is 20.5. The number of likely N-dealkylation sites (N-methyl/N-ethyl adjacent to an activating group) is 1. The van der Waals surface area contributed by atoms with Gasteiger partial charge in [0.2, 0.25) is 0 Å². The first-order valence-electron chi connectivity index (χ1n) is 10.5. The maximum Gasteiger partial charge on any atom is 0.263 e. The van der Waals surface area contributed by atoms with Crippen molar-refractivity contribution in [2.45, 2.75) is 0 Å². The lowest BCUT2D eigenvalue weighted by molar-refractivity contribution is -0.112. The van der Waals surface area contributed by atoms with Gasteiger partial charge in [0.1, 0.15) is 0 Å². The van der Waals surface area contributed by atoms with Crippen molar-refractivity contribution in [2.75, 3.05) is 43.0 Å². The number of fused-ring (bicyclic) bond motifs is 1. The van der Waals surface area contributed by atoms with Crippen LogP contribution in [-0.2, 0) is 4.79 Å². The van der Waals surface area contributed by atoms with E-state index in [-0.39, 0.29) is 5.91 Å². The molecule has 4 nitrogen and oxygen atoms in total. The zero-order valence-corrected chi connectivity index (χ0v) is 17.2. The molecule has 2 aliphatic heterocycles. The van der Waals surface area contributed by atoms with E-state index in [1.54, 1.807) is 0 Å². The van der Waals surface area contributed by atoms with Crippen molar-refractivity contribution in [3.63, 3.8) is 0 Å². The fourth-order valence-electron chi connectivity index (χ4n) is 4.31. The highest BCUT2D eigenvalue weighted by Gasteiger charge is 2.33. The SMILES string of the molecule is CN1CCN(c2ccccc2/C=C2/C(=O)N(c3ccccc3)c3ccccc32)CC1. The molecule has 30 heavy (non-hydrogen) atoms. The highest BCUT2D eigenvalue weighted by molar-refractivity contribution is 6.38. The first-order valence-corrected chi connectivity index (χ1v) is 10.5. The van der Waals surface area contributed by atoms with E-state index in [4.69, 9.17) is 0 Å². The van der Waals surface area contributed by atoms with E-state index in [9.17, 15) is 4.79 Å². The summed E-state index contributed by atoms with van der Waals surface area (Å²) >= 11 is 0. The molecule has 0 atom stereocenters. The van der Waals surface area contributed by atoms with Gasteiger partial charge in [-0.2, -0.15) is 0 Å². The van der Waals surface area contributed by atoms with E-state index < -0.39 is 0 Å². The normalized spacial score (nSPS) is 18.2. The summed E-state index contributed by atoms with van der Waals surface area (Å²) in [6.07, 6.45) is 2.07. The van der Waals surface area contributed by atoms with Gasteiger partial charge in [-0.3, -0.25) is 9.69 Å². The van der Waals surface area contributed by atoms with Gasteiger partial charge < -0.3 is 9.80 Å². The van der Waals surface area contributed by atoms with Crippen LogP contribution < -0.4 is 9.80 Å². The number of amides is 1. The summed E-state index contributed by atoms with van der Waals surface area (Å²) in [5.74, 6) is 0.0237. The largest absolute Gasteiger partial charge is 0.368 e. The first kappa shape index (κ1) is 18.6. The molecule has 1 amide bonds. The summed E-state index contributed by atoms with van der Waals surface area (Å²) < 4.78 is 0. The van der Waals surface area contributed by atoms with Crippen LogP contribution in [0.15, 0.2) is 78.9 Å². The average molecular weight is 396 g/mol. The Kier molecular flexibility index (Phi) is 4.85. The van der Waals surface area contributed by atoms with Crippen LogP contribution >= 0.6 is 0 Å². The lowest BCUT2D eigenvalue weighted by atomic mass is 10.0. The molecule has 3 aromatic rings. The Hall–Kier alpha value is -3.37. The molecule has 1 saturated heterocycles. The van der Waals surface area contributed by atoms with Crippen LogP contribution in [0.2, 0.25) is 0 Å². The minimum absolute atomic E-state index is 0.0237. The first-order chi connectivity index (χ1) is 14.7. The molecule has 1 fully saturated rings. The molecule has 2 heterocycles. The summed E-state index contributed by atoms with van der Waals surface area (Å²) in [7, 11) is 2.16. The minimum atomic E-state index is 0.0237. The van der Waals surface area contributed by atoms with Crippen molar-refractivity contribution in [1.29, 1.82) is 0 Å². The smallest absolute Gasteiger partial charge is 0.263 e. The highest BCUT2D eigenvalue weighted by Crippen LogP contribution is 2.42. The number of para-hydroxylation sites is 3. The van der Waals surface area contributed by atoms with Crippen molar-refractivity contribution in [3.05, 3.63) is 90.0 Å². The number of rotatable bonds is 3. The Balaban J connectivity index is 1.58. The van der Waals surface area contributed by atoms with Crippen LogP contribution in [0.25, 0.3) is 11.6 Å². The summed E-state index contributed by atoms with van der Waals surface area (Å²) in [6.45, 7) is 4.09. The van der Waals surface area contributed by atoms with Gasteiger partial charge in [-0.1, -0.05) is 54.6 Å². The molecular weight excluding hydrogens is 370 g/mol. The van der Waals surface area contributed by atoms with Gasteiger partial charge in [0.25, 0.3) is 5.91 Å². The third kappa shape index (κ3) is 3.29. The van der Waals surface area contributed by atoms with E-state index >= 15 is 0 Å². The number of nitrogens with zero attached hydrogens (tertiary/aromatic N) is 3. The summed E-state index contributed by atoms with van der Waals surface area (Å²) in [6, 6.07) is 26.3. The number of carbonyl (C=O) groups excluding carboxylic acids is 1. The summed E-state index contributed by atoms with van der Waals surface area (Å²) in [5.41, 5.74) is 5.86. The Morgan fingerprint density at radius 1 is 0.733 bits per heavy atom. The molecule has 0 bridgehead atoms. The van der Waals surface area contributed by atoms with Crippen LogP contribution in [0.3, 0.4) is 0 Å². The molecule has 0 unspecified atom stereocenters. The average Bonchev–Trinajstić information content (AvgIpc) is 3.07. The Bertz CT molecular complexity index is 1100. The third-order valence-electron chi connectivity index (χ3n) is 5.96. The monoisotopic (exact) mass is 395 g/mol. The molecule has 3 aromatic carbocycles. The summed E-state index contributed by atoms with van der Waals surface area (Å²) in [5, 5.41) is 0. The maximum absolute atomic E-state index is 13.5. The Morgan fingerprint density at radius 3 is 2.13 bits per heavy atom. The Morgan fingerprint density at radius 2 is 1.37 bits per heavy atom. The highest BCUT2D eigenvalue weighted by atomic mass is 16.2. The molecule has 0 spiro atoms. The molecule has 0 aliphatic carbocycles. The van der Waals surface area contributed by atoms with Gasteiger partial charge in [-0.05, 0) is 43.0 Å². The van der Waals surface area contributed by atoms with Gasteiger partial charge in [0.15, 0.2) is 0 Å². The third-order valence-corrected chi connectivity index (χ3v) is 5.96. The van der Waals surface area contributed by atoms with Gasteiger partial charge in [0, 0.05) is 43.1 Å². The Labute approximate surface area is 177 Å². The maximum atomic E-state index is 13.5. The molecule has 0 aromatic heterocycles. The number of piperazine rings is 1. The summed E-state index contributed by atoms with van der Waals surface area (Å²) in [4.78, 5) is 20.1. The molecule has 150 valence electrons. The number of anilines is 3. The molecule has 4 heteroatoms. The number of benzene rings is 3. The zero-order valence-electron chi connectivity index (χ0n) is 17.2. The van der Waals surface area contributed by atoms with E-state index in [0.29, 0.717) is 0 Å². The molecule has 0 saturated carbocycles. The van der Waals surface area contributed by atoms with Crippen LogP contribution in [0.1, 0.15) is 11.1 Å². The topological polar surface area (TPSA) is 26.8 Å². The second kappa shape index (κ2) is 7.81. The fraction of sp³-hybridized carbons (Fsp3) is 0.192. The van der Waals surface area contributed by atoms with Crippen molar-refractivity contribution in [3.8, 4) is 0 Å². The molecule has 0 radical (unpaired) electrons. The van der Waals surface area contributed by atoms with Gasteiger partial charge in [-0.25, -0.2) is 0 Å². The molecule has 2 aliphatic rings. The lowest BCUT2D eigenvalue weighted by Crippen LogP contribution is -2.44.